The molecule has 0 fully saturated rings. The van der Waals surface area contributed by atoms with Crippen molar-refractivity contribution in [3.05, 3.63) is 64.5 Å². The van der Waals surface area contributed by atoms with Crippen molar-refractivity contribution in [3.8, 4) is 10.6 Å². The van der Waals surface area contributed by atoms with Crippen LogP contribution in [0.4, 0.5) is 5.00 Å². The van der Waals surface area contributed by atoms with E-state index in [0.717, 1.165) is 49.1 Å². The van der Waals surface area contributed by atoms with Gasteiger partial charge in [0.2, 0.25) is 10.0 Å². The molecule has 0 aliphatic rings. The number of thiazole rings is 1. The minimum Gasteiger partial charge on any atom is -0.313 e. The Morgan fingerprint density at radius 3 is 2.26 bits per heavy atom. The number of nitrogens with zero attached hydrogens (tertiary/aromatic N) is 2. The van der Waals surface area contributed by atoms with Crippen molar-refractivity contribution in [2.75, 3.05) is 18.4 Å². The maximum atomic E-state index is 13.1. The summed E-state index contributed by atoms with van der Waals surface area (Å²) in [6.07, 6.45) is 1.49. The Morgan fingerprint density at radius 1 is 0.971 bits per heavy atom. The molecule has 0 radical (unpaired) electrons. The molecule has 2 heterocycles. The van der Waals surface area contributed by atoms with Crippen molar-refractivity contribution < 1.29 is 13.2 Å². The largest absolute Gasteiger partial charge is 0.313 e. The molecular formula is C26H29N3O3S3. The monoisotopic (exact) mass is 527 g/mol. The zero-order valence-electron chi connectivity index (χ0n) is 20.3. The number of carbonyl (C=O) groups excluding carboxylic acids is 1. The predicted molar refractivity (Wildman–Crippen MR) is 146 cm³/mol. The molecule has 0 aliphatic carbocycles. The topological polar surface area (TPSA) is 79.4 Å². The van der Waals surface area contributed by atoms with E-state index in [1.807, 2.05) is 52.0 Å². The minimum atomic E-state index is -3.59. The molecule has 6 nitrogen and oxygen atoms in total. The number of rotatable bonds is 9. The smallest absolute Gasteiger partial charge is 0.256 e. The summed E-state index contributed by atoms with van der Waals surface area (Å²) >= 11 is 3.13. The Labute approximate surface area is 214 Å². The van der Waals surface area contributed by atoms with Crippen LogP contribution in [0.15, 0.2) is 53.4 Å². The standard InChI is InChI=1S/C26H29N3O3S3/c1-5-15-29(16-6-2)35(31,32)20-13-11-19(12-14-20)24(30)28-26-23(17(3)18(4)33-26)25-27-21-9-7-8-10-22(21)34-25/h7-14H,5-6,15-16H2,1-4H3,(H,28,30). The van der Waals surface area contributed by atoms with Gasteiger partial charge in [0.25, 0.3) is 5.91 Å². The molecule has 0 aliphatic heterocycles. The number of nitrogens with one attached hydrogen (secondary N) is 1. The fourth-order valence-electron chi connectivity index (χ4n) is 3.91. The number of hydrogen-bond donors (Lipinski definition) is 1. The zero-order valence-corrected chi connectivity index (χ0v) is 22.7. The lowest BCUT2D eigenvalue weighted by molar-refractivity contribution is 0.102. The van der Waals surface area contributed by atoms with Crippen LogP contribution in [0.1, 0.15) is 47.5 Å². The van der Waals surface area contributed by atoms with E-state index >= 15 is 0 Å². The molecule has 4 rings (SSSR count). The predicted octanol–water partition coefficient (Wildman–Crippen LogP) is 6.70. The van der Waals surface area contributed by atoms with Crippen molar-refractivity contribution in [1.82, 2.24) is 9.29 Å². The molecule has 0 saturated carbocycles. The number of thiophene rings is 1. The van der Waals surface area contributed by atoms with Gasteiger partial charge in [0, 0.05) is 29.1 Å². The van der Waals surface area contributed by atoms with E-state index in [0.29, 0.717) is 18.7 Å². The lowest BCUT2D eigenvalue weighted by Gasteiger charge is -2.21. The SMILES string of the molecule is CCCN(CCC)S(=O)(=O)c1ccc(C(=O)Nc2sc(C)c(C)c2-c2nc3ccccc3s2)cc1. The van der Waals surface area contributed by atoms with E-state index in [2.05, 4.69) is 5.32 Å². The van der Waals surface area contributed by atoms with Crippen LogP contribution < -0.4 is 5.32 Å². The highest BCUT2D eigenvalue weighted by Gasteiger charge is 2.24. The van der Waals surface area contributed by atoms with Crippen LogP contribution in [0.5, 0.6) is 0 Å². The van der Waals surface area contributed by atoms with Crippen molar-refractivity contribution in [2.24, 2.45) is 0 Å². The molecule has 4 aromatic rings. The summed E-state index contributed by atoms with van der Waals surface area (Å²) in [6, 6.07) is 14.2. The molecule has 2 aromatic carbocycles. The Bertz CT molecular complexity index is 1420. The highest BCUT2D eigenvalue weighted by molar-refractivity contribution is 7.89. The van der Waals surface area contributed by atoms with Gasteiger partial charge in [-0.05, 0) is 68.7 Å². The van der Waals surface area contributed by atoms with Crippen LogP contribution >= 0.6 is 22.7 Å². The lowest BCUT2D eigenvalue weighted by Crippen LogP contribution is -2.32. The van der Waals surface area contributed by atoms with Crippen LogP contribution in [0, 0.1) is 13.8 Å². The molecule has 0 unspecified atom stereocenters. The summed E-state index contributed by atoms with van der Waals surface area (Å²) in [7, 11) is -3.59. The third kappa shape index (κ3) is 5.18. The molecular weight excluding hydrogens is 499 g/mol. The normalized spacial score (nSPS) is 11.9. The van der Waals surface area contributed by atoms with Crippen LogP contribution in [0.3, 0.4) is 0 Å². The first-order valence-corrected chi connectivity index (χ1v) is 14.7. The second-order valence-electron chi connectivity index (χ2n) is 8.36. The van der Waals surface area contributed by atoms with Gasteiger partial charge in [-0.25, -0.2) is 13.4 Å². The quantitative estimate of drug-likeness (QED) is 0.262. The number of anilines is 1. The summed E-state index contributed by atoms with van der Waals surface area (Å²) in [6.45, 7) is 8.95. The molecule has 35 heavy (non-hydrogen) atoms. The van der Waals surface area contributed by atoms with Gasteiger partial charge in [0.15, 0.2) is 0 Å². The minimum absolute atomic E-state index is 0.203. The highest BCUT2D eigenvalue weighted by Crippen LogP contribution is 2.43. The van der Waals surface area contributed by atoms with Gasteiger partial charge in [-0.1, -0.05) is 26.0 Å². The number of aromatic nitrogens is 1. The summed E-state index contributed by atoms with van der Waals surface area (Å²) < 4.78 is 28.6. The van der Waals surface area contributed by atoms with Gasteiger partial charge in [0.05, 0.1) is 15.1 Å². The zero-order chi connectivity index (χ0) is 25.2. The number of para-hydroxylation sites is 1. The Balaban J connectivity index is 1.60. The number of benzene rings is 2. The van der Waals surface area contributed by atoms with E-state index < -0.39 is 10.0 Å². The number of sulfonamides is 1. The Hall–Kier alpha value is -2.59. The average Bonchev–Trinajstić information content (AvgIpc) is 3.38. The van der Waals surface area contributed by atoms with Crippen LogP contribution in [-0.4, -0.2) is 36.7 Å². The van der Waals surface area contributed by atoms with Gasteiger partial charge in [-0.15, -0.1) is 22.7 Å². The number of amides is 1. The van der Waals surface area contributed by atoms with Gasteiger partial charge in [-0.3, -0.25) is 4.79 Å². The Kier molecular flexibility index (Phi) is 7.70. The summed E-state index contributed by atoms with van der Waals surface area (Å²) in [5.74, 6) is -0.281. The van der Waals surface area contributed by atoms with Crippen molar-refractivity contribution >= 4 is 53.8 Å². The number of hydrogen-bond acceptors (Lipinski definition) is 6. The molecule has 0 saturated heterocycles. The third-order valence-electron chi connectivity index (χ3n) is 5.82. The van der Waals surface area contributed by atoms with Crippen molar-refractivity contribution in [2.45, 2.75) is 45.4 Å². The average molecular weight is 528 g/mol. The van der Waals surface area contributed by atoms with Gasteiger partial charge in [0.1, 0.15) is 10.0 Å². The fourth-order valence-corrected chi connectivity index (χ4v) is 7.73. The fraction of sp³-hybridized carbons (Fsp3) is 0.308. The van der Waals surface area contributed by atoms with Crippen molar-refractivity contribution in [3.63, 3.8) is 0 Å². The van der Waals surface area contributed by atoms with E-state index in [9.17, 15) is 13.2 Å². The molecule has 0 bridgehead atoms. The van der Waals surface area contributed by atoms with Crippen LogP contribution in [0.25, 0.3) is 20.8 Å². The maximum Gasteiger partial charge on any atom is 0.256 e. The molecule has 0 spiro atoms. The molecule has 0 atom stereocenters. The molecule has 184 valence electrons. The molecule has 9 heteroatoms. The third-order valence-corrected chi connectivity index (χ3v) is 9.91. The summed E-state index contributed by atoms with van der Waals surface area (Å²) in [5, 5.41) is 4.66. The van der Waals surface area contributed by atoms with E-state index in [4.69, 9.17) is 4.98 Å². The first-order valence-electron chi connectivity index (χ1n) is 11.6. The lowest BCUT2D eigenvalue weighted by atomic mass is 10.1. The molecule has 1 amide bonds. The van der Waals surface area contributed by atoms with Crippen molar-refractivity contribution in [1.29, 1.82) is 0 Å². The highest BCUT2D eigenvalue weighted by atomic mass is 32.2. The number of fused-ring (bicyclic) bond motifs is 1. The summed E-state index contributed by atoms with van der Waals surface area (Å²) in [4.78, 5) is 19.2. The number of aryl methyl sites for hydroxylation is 1. The molecule has 2 aromatic heterocycles. The van der Waals surface area contributed by atoms with E-state index in [1.54, 1.807) is 23.5 Å². The van der Waals surface area contributed by atoms with Gasteiger partial charge < -0.3 is 5.32 Å². The van der Waals surface area contributed by atoms with E-state index in [1.165, 1.54) is 27.8 Å². The van der Waals surface area contributed by atoms with Gasteiger partial charge >= 0.3 is 0 Å². The maximum absolute atomic E-state index is 13.1. The second-order valence-corrected chi connectivity index (χ2v) is 12.6. The second kappa shape index (κ2) is 10.6. The van der Waals surface area contributed by atoms with Crippen LogP contribution in [0.2, 0.25) is 0 Å². The Morgan fingerprint density at radius 2 is 1.63 bits per heavy atom. The van der Waals surface area contributed by atoms with E-state index in [-0.39, 0.29) is 10.8 Å². The van der Waals surface area contributed by atoms with Gasteiger partial charge in [-0.2, -0.15) is 4.31 Å². The first kappa shape index (κ1) is 25.5. The number of carbonyl (C=O) groups is 1. The summed E-state index contributed by atoms with van der Waals surface area (Å²) in [5.41, 5.74) is 3.37. The van der Waals surface area contributed by atoms with Crippen LogP contribution in [-0.2, 0) is 10.0 Å². The molecule has 1 N–H and O–H groups in total. The first-order chi connectivity index (χ1) is 16.8.